The van der Waals surface area contributed by atoms with Crippen molar-refractivity contribution in [2.24, 2.45) is 0 Å². The molecule has 1 aromatic heterocycles. The van der Waals surface area contributed by atoms with Crippen LogP contribution in [0.2, 0.25) is 0 Å². The van der Waals surface area contributed by atoms with E-state index in [-0.39, 0.29) is 5.91 Å². The van der Waals surface area contributed by atoms with Crippen molar-refractivity contribution in [3.8, 4) is 0 Å². The van der Waals surface area contributed by atoms with Gasteiger partial charge in [0.15, 0.2) is 0 Å². The highest BCUT2D eigenvalue weighted by Gasteiger charge is 2.25. The summed E-state index contributed by atoms with van der Waals surface area (Å²) in [6.45, 7) is 2.25. The van der Waals surface area contributed by atoms with Crippen molar-refractivity contribution < 1.29 is 4.79 Å². The maximum absolute atomic E-state index is 12.0. The van der Waals surface area contributed by atoms with Gasteiger partial charge >= 0.3 is 0 Å². The van der Waals surface area contributed by atoms with Crippen molar-refractivity contribution >= 4 is 5.91 Å². The number of nitrogens with zero attached hydrogens (tertiary/aromatic N) is 2. The van der Waals surface area contributed by atoms with E-state index < -0.39 is 0 Å². The van der Waals surface area contributed by atoms with E-state index in [1.54, 1.807) is 6.20 Å². The van der Waals surface area contributed by atoms with E-state index in [4.69, 9.17) is 0 Å². The average molecular weight is 259 g/mol. The molecule has 0 radical (unpaired) electrons. The summed E-state index contributed by atoms with van der Waals surface area (Å²) in [5.41, 5.74) is 1.82. The molecule has 2 fully saturated rings. The lowest BCUT2D eigenvalue weighted by Gasteiger charge is -2.30. The molecule has 1 aromatic rings. The van der Waals surface area contributed by atoms with Crippen molar-refractivity contribution in [2.45, 2.75) is 37.6 Å². The lowest BCUT2D eigenvalue weighted by atomic mass is 9.91. The molecule has 3 rings (SSSR count). The van der Waals surface area contributed by atoms with Crippen molar-refractivity contribution in [1.82, 2.24) is 15.2 Å². The molecule has 0 bridgehead atoms. The molecular formula is C15H21N3O. The number of amides is 1. The lowest BCUT2D eigenvalue weighted by molar-refractivity contribution is 0.0946. The van der Waals surface area contributed by atoms with E-state index in [0.29, 0.717) is 17.7 Å². The molecule has 1 atom stereocenters. The van der Waals surface area contributed by atoms with Gasteiger partial charge < -0.3 is 10.2 Å². The van der Waals surface area contributed by atoms with E-state index in [0.717, 1.165) is 19.4 Å². The summed E-state index contributed by atoms with van der Waals surface area (Å²) in [6, 6.07) is 4.41. The molecule has 2 aliphatic rings. The fourth-order valence-corrected chi connectivity index (χ4v) is 2.75. The van der Waals surface area contributed by atoms with Crippen LogP contribution < -0.4 is 5.32 Å². The number of likely N-dealkylation sites (tertiary alicyclic amines) is 1. The number of carbonyl (C=O) groups is 1. The van der Waals surface area contributed by atoms with Gasteiger partial charge in [0.1, 0.15) is 5.69 Å². The Morgan fingerprint density at radius 1 is 1.42 bits per heavy atom. The third-order valence-electron chi connectivity index (χ3n) is 4.03. The first kappa shape index (κ1) is 12.6. The molecular weight excluding hydrogens is 238 g/mol. The predicted octanol–water partition coefficient (Wildman–Crippen LogP) is 1.78. The summed E-state index contributed by atoms with van der Waals surface area (Å²) < 4.78 is 0. The fraction of sp³-hybridized carbons (Fsp3) is 0.600. The van der Waals surface area contributed by atoms with Gasteiger partial charge in [0.05, 0.1) is 0 Å². The Hall–Kier alpha value is -1.42. The van der Waals surface area contributed by atoms with E-state index in [1.165, 1.54) is 24.9 Å². The standard InChI is InChI=1S/C15H21N3O/c1-18-8-2-3-12(10-18)11-6-7-16-14(9-11)15(19)17-13-4-5-13/h6-7,9,12-13H,2-5,8,10H2,1H3,(H,17,19)/t12-/m1/s1. The first-order chi connectivity index (χ1) is 9.22. The maximum Gasteiger partial charge on any atom is 0.270 e. The molecule has 2 heterocycles. The smallest absolute Gasteiger partial charge is 0.270 e. The third-order valence-corrected chi connectivity index (χ3v) is 4.03. The van der Waals surface area contributed by atoms with Crippen LogP contribution in [-0.2, 0) is 0 Å². The van der Waals surface area contributed by atoms with E-state index >= 15 is 0 Å². The van der Waals surface area contributed by atoms with Gasteiger partial charge in [-0.1, -0.05) is 0 Å². The van der Waals surface area contributed by atoms with Crippen LogP contribution in [0.1, 0.15) is 47.7 Å². The molecule has 0 aromatic carbocycles. The van der Waals surface area contributed by atoms with Crippen LogP contribution >= 0.6 is 0 Å². The lowest BCUT2D eigenvalue weighted by Crippen LogP contribution is -2.31. The van der Waals surface area contributed by atoms with Gasteiger partial charge in [-0.3, -0.25) is 9.78 Å². The Bertz CT molecular complexity index is 470. The van der Waals surface area contributed by atoms with E-state index in [2.05, 4.69) is 28.3 Å². The summed E-state index contributed by atoms with van der Waals surface area (Å²) >= 11 is 0. The number of likely N-dealkylation sites (N-methyl/N-ethyl adjacent to an activating group) is 1. The minimum atomic E-state index is -0.0199. The number of aromatic nitrogens is 1. The molecule has 102 valence electrons. The van der Waals surface area contributed by atoms with Gasteiger partial charge in [-0.05, 0) is 62.9 Å². The molecule has 1 aliphatic carbocycles. The van der Waals surface area contributed by atoms with Crippen molar-refractivity contribution in [1.29, 1.82) is 0 Å². The van der Waals surface area contributed by atoms with E-state index in [9.17, 15) is 4.79 Å². The molecule has 0 unspecified atom stereocenters. The number of hydrogen-bond acceptors (Lipinski definition) is 3. The topological polar surface area (TPSA) is 45.2 Å². The number of carbonyl (C=O) groups excluding carboxylic acids is 1. The highest BCUT2D eigenvalue weighted by molar-refractivity contribution is 5.92. The summed E-state index contributed by atoms with van der Waals surface area (Å²) in [5, 5.41) is 3.00. The number of pyridine rings is 1. The van der Waals surface area contributed by atoms with Crippen LogP contribution in [0.4, 0.5) is 0 Å². The number of piperidine rings is 1. The summed E-state index contributed by atoms with van der Waals surface area (Å²) in [4.78, 5) is 18.6. The van der Waals surface area contributed by atoms with Crippen LogP contribution in [0.3, 0.4) is 0 Å². The monoisotopic (exact) mass is 259 g/mol. The normalized spacial score (nSPS) is 24.2. The van der Waals surface area contributed by atoms with Crippen molar-refractivity contribution in [3.63, 3.8) is 0 Å². The highest BCUT2D eigenvalue weighted by Crippen LogP contribution is 2.26. The molecule has 1 saturated carbocycles. The predicted molar refractivity (Wildman–Crippen MR) is 74.2 cm³/mol. The molecule has 1 aliphatic heterocycles. The Kier molecular flexibility index (Phi) is 3.51. The van der Waals surface area contributed by atoms with E-state index in [1.807, 2.05) is 6.07 Å². The zero-order valence-electron chi connectivity index (χ0n) is 11.4. The molecule has 1 N–H and O–H groups in total. The van der Waals surface area contributed by atoms with Gasteiger partial charge in [0.2, 0.25) is 0 Å². The Balaban J connectivity index is 1.72. The minimum absolute atomic E-state index is 0.0199. The molecule has 0 spiro atoms. The largest absolute Gasteiger partial charge is 0.348 e. The third kappa shape index (κ3) is 3.13. The average Bonchev–Trinajstić information content (AvgIpc) is 3.23. The SMILES string of the molecule is CN1CCC[C@@H](c2ccnc(C(=O)NC3CC3)c2)C1. The zero-order valence-corrected chi connectivity index (χ0v) is 11.4. The molecule has 4 nitrogen and oxygen atoms in total. The van der Waals surface area contributed by atoms with Gasteiger partial charge in [0, 0.05) is 18.8 Å². The van der Waals surface area contributed by atoms with Gasteiger partial charge in [-0.15, -0.1) is 0 Å². The summed E-state index contributed by atoms with van der Waals surface area (Å²) in [7, 11) is 2.16. The second-order valence-corrected chi connectivity index (χ2v) is 5.82. The quantitative estimate of drug-likeness (QED) is 0.900. The Morgan fingerprint density at radius 3 is 3.00 bits per heavy atom. The molecule has 19 heavy (non-hydrogen) atoms. The molecule has 1 amide bonds. The molecule has 1 saturated heterocycles. The number of rotatable bonds is 3. The van der Waals surface area contributed by atoms with Gasteiger partial charge in [0.25, 0.3) is 5.91 Å². The zero-order chi connectivity index (χ0) is 13.2. The van der Waals surface area contributed by atoms with Crippen LogP contribution in [0.15, 0.2) is 18.3 Å². The number of hydrogen-bond donors (Lipinski definition) is 1. The van der Waals surface area contributed by atoms with Crippen molar-refractivity contribution in [2.75, 3.05) is 20.1 Å². The van der Waals surface area contributed by atoms with Gasteiger partial charge in [-0.2, -0.15) is 0 Å². The Morgan fingerprint density at radius 2 is 2.26 bits per heavy atom. The van der Waals surface area contributed by atoms with Crippen LogP contribution in [0, 0.1) is 0 Å². The number of nitrogens with one attached hydrogen (secondary N) is 1. The van der Waals surface area contributed by atoms with Crippen LogP contribution in [-0.4, -0.2) is 42.0 Å². The summed E-state index contributed by atoms with van der Waals surface area (Å²) in [5.74, 6) is 0.516. The second kappa shape index (κ2) is 5.29. The summed E-state index contributed by atoms with van der Waals surface area (Å²) in [6.07, 6.45) is 6.43. The first-order valence-electron chi connectivity index (χ1n) is 7.18. The Labute approximate surface area is 114 Å². The fourth-order valence-electron chi connectivity index (χ4n) is 2.75. The first-order valence-corrected chi connectivity index (χ1v) is 7.18. The second-order valence-electron chi connectivity index (χ2n) is 5.82. The van der Waals surface area contributed by atoms with Gasteiger partial charge in [-0.25, -0.2) is 0 Å². The maximum atomic E-state index is 12.0. The minimum Gasteiger partial charge on any atom is -0.348 e. The van der Waals surface area contributed by atoms with Crippen molar-refractivity contribution in [3.05, 3.63) is 29.6 Å². The van der Waals surface area contributed by atoms with Crippen LogP contribution in [0.5, 0.6) is 0 Å². The van der Waals surface area contributed by atoms with Crippen LogP contribution in [0.25, 0.3) is 0 Å². The molecule has 4 heteroatoms. The highest BCUT2D eigenvalue weighted by atomic mass is 16.2.